The number of nitrogens with one attached hydrogen (secondary N) is 1. The second-order valence-electron chi connectivity index (χ2n) is 7.15. The molecule has 2 aliphatic rings. The van der Waals surface area contributed by atoms with Gasteiger partial charge in [-0.15, -0.1) is 11.8 Å². The Kier molecular flexibility index (Phi) is 6.65. The van der Waals surface area contributed by atoms with Gasteiger partial charge in [-0.05, 0) is 13.0 Å². The van der Waals surface area contributed by atoms with Crippen LogP contribution in [0.2, 0.25) is 0 Å². The van der Waals surface area contributed by atoms with E-state index in [1.54, 1.807) is 23.8 Å². The van der Waals surface area contributed by atoms with Gasteiger partial charge >= 0.3 is 0 Å². The van der Waals surface area contributed by atoms with Gasteiger partial charge in [-0.3, -0.25) is 14.5 Å². The number of oxime groups is 1. The Morgan fingerprint density at radius 3 is 2.94 bits per heavy atom. The Balaban J connectivity index is 1.53. The van der Waals surface area contributed by atoms with Crippen LogP contribution in [0.3, 0.4) is 0 Å². The molecule has 2 aromatic rings. The zero-order chi connectivity index (χ0) is 24.4. The van der Waals surface area contributed by atoms with Crippen molar-refractivity contribution in [3.05, 3.63) is 41.6 Å². The van der Waals surface area contributed by atoms with Crippen LogP contribution < -0.4 is 20.7 Å². The number of β-lactam (4-membered cyclic amide) rings is 1. The fourth-order valence-corrected chi connectivity index (χ4v) is 5.24. The van der Waals surface area contributed by atoms with E-state index in [2.05, 4.69) is 19.8 Å². The van der Waals surface area contributed by atoms with Gasteiger partial charge in [-0.1, -0.05) is 5.16 Å². The van der Waals surface area contributed by atoms with Crippen LogP contribution in [-0.4, -0.2) is 66.6 Å². The molecule has 4 N–H and O–H groups in total. The number of pyridine rings is 1. The number of aromatic nitrogens is 3. The smallest absolute Gasteiger partial charge is 0.278 e. The number of aromatic hydroxyl groups is 1. The van der Waals surface area contributed by atoms with Crippen molar-refractivity contribution in [2.45, 2.75) is 24.9 Å². The monoisotopic (exact) mass is 505 g/mol. The molecule has 34 heavy (non-hydrogen) atoms. The molecule has 1 saturated heterocycles. The highest BCUT2D eigenvalue weighted by atomic mass is 32.2. The first-order valence-electron chi connectivity index (χ1n) is 9.96. The van der Waals surface area contributed by atoms with Crippen LogP contribution in [0.4, 0.5) is 5.13 Å². The molecular formula is C19H19N7O6S2. The molecule has 0 aromatic carbocycles. The number of carboxylic acids is 1. The Morgan fingerprint density at radius 2 is 2.29 bits per heavy atom. The summed E-state index contributed by atoms with van der Waals surface area (Å²) in [6, 6.07) is 2.10. The summed E-state index contributed by atoms with van der Waals surface area (Å²) in [5.41, 5.74) is 5.53. The van der Waals surface area contributed by atoms with E-state index < -0.39 is 29.2 Å². The largest absolute Gasteiger partial charge is 0.543 e. The van der Waals surface area contributed by atoms with E-state index in [1.807, 2.05) is 0 Å². The number of amides is 2. The second-order valence-corrected chi connectivity index (χ2v) is 9.04. The standard InChI is InChI=1S/C19H19N7O6S2/c1-2-32-23-11(14-22-19(20)34-24-14)15(28)21-12-16(29)26-13(18(30)31)9(8-33-17(12)26)6-25-5-3-4-10(27)7-25/h3-5,7,12,17H,2,6,8H2,1H3,(H4-,20,21,22,24,27,28,30,31)/b23-11-/t12?,17-/m1/s1. The minimum atomic E-state index is -1.50. The molecule has 0 aliphatic carbocycles. The first kappa shape index (κ1) is 23.4. The number of carbonyl (C=O) groups is 3. The molecule has 0 radical (unpaired) electrons. The van der Waals surface area contributed by atoms with Crippen LogP contribution in [0.5, 0.6) is 5.75 Å². The van der Waals surface area contributed by atoms with Crippen LogP contribution in [0.25, 0.3) is 0 Å². The Morgan fingerprint density at radius 1 is 1.50 bits per heavy atom. The number of hydrogen-bond acceptors (Lipinski definition) is 12. The predicted molar refractivity (Wildman–Crippen MR) is 118 cm³/mol. The Bertz CT molecular complexity index is 1210. The summed E-state index contributed by atoms with van der Waals surface area (Å²) >= 11 is 2.17. The molecule has 1 unspecified atom stereocenters. The number of nitrogen functional groups attached to an aromatic ring is 1. The number of carboxylic acid groups (broad SMARTS) is 1. The van der Waals surface area contributed by atoms with E-state index in [9.17, 15) is 24.6 Å². The maximum atomic E-state index is 12.9. The number of nitrogens with two attached hydrogens (primary N) is 1. The molecule has 13 nitrogen and oxygen atoms in total. The zero-order valence-corrected chi connectivity index (χ0v) is 19.3. The Hall–Kier alpha value is -3.72. The minimum Gasteiger partial charge on any atom is -0.543 e. The van der Waals surface area contributed by atoms with Gasteiger partial charge in [0.2, 0.25) is 17.7 Å². The predicted octanol–water partition coefficient (Wildman–Crippen LogP) is -2.04. The molecule has 0 saturated carbocycles. The number of rotatable bonds is 8. The van der Waals surface area contributed by atoms with Crippen molar-refractivity contribution >= 4 is 51.9 Å². The molecule has 4 heterocycles. The molecule has 0 spiro atoms. The average Bonchev–Trinajstić information content (AvgIpc) is 3.23. The van der Waals surface area contributed by atoms with Crippen molar-refractivity contribution in [3.8, 4) is 5.75 Å². The molecule has 2 amide bonds. The zero-order valence-electron chi connectivity index (χ0n) is 17.7. The van der Waals surface area contributed by atoms with Crippen LogP contribution in [0, 0.1) is 0 Å². The third kappa shape index (κ3) is 4.51. The highest BCUT2D eigenvalue weighted by molar-refractivity contribution is 8.00. The SMILES string of the molecule is CCO/N=C(\C(=O)NC1C(=O)N2C(C(=O)[O-])=C(C[n+]3cccc(O)c3)CS[C@H]12)c1nsc(N)n1. The molecule has 2 atom stereocenters. The maximum Gasteiger partial charge on any atom is 0.278 e. The number of hydrogen-bond donors (Lipinski definition) is 3. The summed E-state index contributed by atoms with van der Waals surface area (Å²) in [4.78, 5) is 47.7. The fraction of sp³-hybridized carbons (Fsp3) is 0.316. The van der Waals surface area contributed by atoms with Gasteiger partial charge in [0.25, 0.3) is 11.8 Å². The van der Waals surface area contributed by atoms with Crippen LogP contribution in [-0.2, 0) is 25.8 Å². The van der Waals surface area contributed by atoms with Crippen molar-refractivity contribution in [2.24, 2.45) is 5.16 Å². The van der Waals surface area contributed by atoms with Crippen molar-refractivity contribution < 1.29 is 34.0 Å². The van der Waals surface area contributed by atoms with Crippen LogP contribution >= 0.6 is 23.3 Å². The maximum absolute atomic E-state index is 12.9. The van der Waals surface area contributed by atoms with Crippen molar-refractivity contribution in [1.29, 1.82) is 0 Å². The summed E-state index contributed by atoms with van der Waals surface area (Å²) in [5, 5.41) is 27.4. The lowest BCUT2D eigenvalue weighted by atomic mass is 10.0. The number of nitrogens with zero attached hydrogens (tertiary/aromatic N) is 5. The second kappa shape index (κ2) is 9.64. The Labute approximate surface area is 201 Å². The molecule has 2 aliphatic heterocycles. The van der Waals surface area contributed by atoms with E-state index in [0.717, 1.165) is 16.4 Å². The third-order valence-electron chi connectivity index (χ3n) is 4.90. The fourth-order valence-electron chi connectivity index (χ4n) is 3.47. The molecular weight excluding hydrogens is 486 g/mol. The van der Waals surface area contributed by atoms with E-state index in [-0.39, 0.29) is 47.0 Å². The molecule has 0 bridgehead atoms. The van der Waals surface area contributed by atoms with Gasteiger partial charge < -0.3 is 30.9 Å². The lowest BCUT2D eigenvalue weighted by Crippen LogP contribution is -2.71. The van der Waals surface area contributed by atoms with Crippen molar-refractivity contribution in [3.63, 3.8) is 0 Å². The summed E-state index contributed by atoms with van der Waals surface area (Å²) in [6.45, 7) is 2.00. The lowest BCUT2D eigenvalue weighted by molar-refractivity contribution is -0.689. The van der Waals surface area contributed by atoms with E-state index in [0.29, 0.717) is 5.57 Å². The summed E-state index contributed by atoms with van der Waals surface area (Å²) in [5.74, 6) is -2.62. The van der Waals surface area contributed by atoms with Gasteiger partial charge in [0.15, 0.2) is 23.6 Å². The molecule has 1 fully saturated rings. The van der Waals surface area contributed by atoms with E-state index >= 15 is 0 Å². The quantitative estimate of drug-likeness (QED) is 0.156. The normalized spacial score (nSPS) is 20.0. The van der Waals surface area contributed by atoms with Crippen molar-refractivity contribution in [2.75, 3.05) is 18.1 Å². The number of fused-ring (bicyclic) bond motifs is 1. The van der Waals surface area contributed by atoms with Crippen LogP contribution in [0.1, 0.15) is 12.7 Å². The average molecular weight is 506 g/mol. The lowest BCUT2D eigenvalue weighted by Gasteiger charge is -2.50. The van der Waals surface area contributed by atoms with E-state index in [1.165, 1.54) is 24.0 Å². The van der Waals surface area contributed by atoms with Gasteiger partial charge in [-0.25, -0.2) is 0 Å². The van der Waals surface area contributed by atoms with Crippen molar-refractivity contribution in [1.82, 2.24) is 19.6 Å². The first-order valence-corrected chi connectivity index (χ1v) is 11.8. The number of anilines is 1. The third-order valence-corrected chi connectivity index (χ3v) is 6.78. The number of carbonyl (C=O) groups excluding carboxylic acids is 3. The van der Waals surface area contributed by atoms with Gasteiger partial charge in [-0.2, -0.15) is 13.9 Å². The highest BCUT2D eigenvalue weighted by Gasteiger charge is 2.53. The number of thioether (sulfide) groups is 1. The molecule has 4 rings (SSSR count). The minimum absolute atomic E-state index is 0.0168. The molecule has 15 heteroatoms. The van der Waals surface area contributed by atoms with Gasteiger partial charge in [0.05, 0.1) is 11.7 Å². The van der Waals surface area contributed by atoms with E-state index in [4.69, 9.17) is 10.6 Å². The summed E-state index contributed by atoms with van der Waals surface area (Å²) < 4.78 is 5.55. The highest BCUT2D eigenvalue weighted by Crippen LogP contribution is 2.40. The molecule has 178 valence electrons. The first-order chi connectivity index (χ1) is 16.3. The van der Waals surface area contributed by atoms with Gasteiger partial charge in [0, 0.05) is 28.9 Å². The van der Waals surface area contributed by atoms with Gasteiger partial charge in [0.1, 0.15) is 18.0 Å². The topological polar surface area (TPSA) is 187 Å². The molecule has 2 aromatic heterocycles. The summed E-state index contributed by atoms with van der Waals surface area (Å²) in [7, 11) is 0. The van der Waals surface area contributed by atoms with Crippen LogP contribution in [0.15, 0.2) is 41.0 Å². The number of aliphatic carboxylic acids is 1. The summed E-state index contributed by atoms with van der Waals surface area (Å²) in [6.07, 6.45) is 3.10.